The monoisotopic (exact) mass is 1500 g/mol. The largest absolute Gasteiger partial charge is 0.505 e. The second-order valence-electron chi connectivity index (χ2n) is 32.9. The maximum atomic E-state index is 13.2. The molecule has 11 fully saturated rings. The van der Waals surface area contributed by atoms with Crippen LogP contribution in [0.4, 0.5) is 39.5 Å². The van der Waals surface area contributed by atoms with Gasteiger partial charge in [-0.2, -0.15) is 51.3 Å². The minimum Gasteiger partial charge on any atom is -0.505 e. The molecule has 0 amide bonds. The van der Waals surface area contributed by atoms with Gasteiger partial charge in [-0.15, -0.1) is 0 Å². The fourth-order valence-electron chi connectivity index (χ4n) is 17.2. The summed E-state index contributed by atoms with van der Waals surface area (Å²) in [5.74, 6) is 3.11. The smallest absolute Gasteiger partial charge is 0.417 e. The second-order valence-corrected chi connectivity index (χ2v) is 34.4. The van der Waals surface area contributed by atoms with Crippen LogP contribution in [0.25, 0.3) is 0 Å². The van der Waals surface area contributed by atoms with Gasteiger partial charge in [-0.3, -0.25) is 0 Å². The van der Waals surface area contributed by atoms with Gasteiger partial charge in [0.25, 0.3) is 0 Å². The third-order valence-electron chi connectivity index (χ3n) is 22.6. The van der Waals surface area contributed by atoms with Crippen LogP contribution in [0.2, 0.25) is 0 Å². The van der Waals surface area contributed by atoms with E-state index in [0.717, 1.165) is 126 Å². The molecular weight excluding hydrogens is 1380 g/mol. The third kappa shape index (κ3) is 31.6. The van der Waals surface area contributed by atoms with Crippen molar-refractivity contribution in [1.82, 2.24) is 0 Å². The van der Waals surface area contributed by atoms with Crippen LogP contribution in [-0.4, -0.2) is 141 Å². The van der Waals surface area contributed by atoms with Crippen LogP contribution in [0.5, 0.6) is 0 Å². The van der Waals surface area contributed by atoms with Gasteiger partial charge in [0.05, 0.1) is 45.9 Å². The van der Waals surface area contributed by atoms with Crippen LogP contribution < -0.4 is 0 Å². The highest BCUT2D eigenvalue weighted by molar-refractivity contribution is 8.01. The maximum Gasteiger partial charge on any atom is 0.417 e. The van der Waals surface area contributed by atoms with E-state index in [0.29, 0.717) is 58.8 Å². The molecular formula is C79H129F9O14S. The molecule has 17 unspecified atom stereocenters. The lowest BCUT2D eigenvalue weighted by Crippen LogP contribution is -2.56. The summed E-state index contributed by atoms with van der Waals surface area (Å²) in [6.45, 7) is 33.7. The molecule has 0 spiro atoms. The van der Waals surface area contributed by atoms with Gasteiger partial charge in [-0.05, 0) is 282 Å². The number of fused-ring (bicyclic) bond motifs is 10. The predicted octanol–water partition coefficient (Wildman–Crippen LogP) is 18.6. The van der Waals surface area contributed by atoms with Crippen molar-refractivity contribution in [3.05, 3.63) is 61.4 Å². The molecule has 598 valence electrons. The Morgan fingerprint density at radius 2 is 0.786 bits per heavy atom. The summed E-state index contributed by atoms with van der Waals surface area (Å²) in [5.41, 5.74) is -6.99. The van der Waals surface area contributed by atoms with Crippen molar-refractivity contribution in [2.24, 2.45) is 76.9 Å². The summed E-state index contributed by atoms with van der Waals surface area (Å²) in [6, 6.07) is 0. The minimum atomic E-state index is -4.65. The Hall–Kier alpha value is -4.10. The lowest BCUT2D eigenvalue weighted by Gasteiger charge is -2.50. The van der Waals surface area contributed by atoms with Crippen molar-refractivity contribution in [1.29, 1.82) is 0 Å². The molecule has 14 nitrogen and oxygen atoms in total. The molecule has 103 heavy (non-hydrogen) atoms. The first kappa shape index (κ1) is 95.0. The SMILES string of the molecule is C=C(C)C(=O)OC.C=C(C)C(=O)OC.C=C(C)C(=O)OC.C=C(C)C(=O)OC1CCC(C(C)(O)C(F)(F)F)C2CCCCC12.C=COC.CC(C)(O)CC1CC2CCC1CC2.CC(C)(O)CC1CC2CCC1S2.CC(O)(CC1CC2CCC1C2)C(F)(F)F.CC(O)(CC1CC2CCC1C2)C(F)(F)F. The molecule has 11 aliphatic rings. The highest BCUT2D eigenvalue weighted by atomic mass is 32.2. The zero-order valence-electron chi connectivity index (χ0n) is 64.5. The minimum absolute atomic E-state index is 0.0837. The fraction of sp³-hybridized carbons (Fsp3) is 0.823. The van der Waals surface area contributed by atoms with Crippen molar-refractivity contribution in [2.45, 2.75) is 306 Å². The molecule has 2 aliphatic heterocycles. The van der Waals surface area contributed by atoms with Crippen LogP contribution >= 0.6 is 11.8 Å². The Morgan fingerprint density at radius 1 is 0.427 bits per heavy atom. The van der Waals surface area contributed by atoms with Gasteiger partial charge in [0.2, 0.25) is 0 Å². The number of rotatable bonds is 15. The average molecular weight is 1510 g/mol. The number of methoxy groups -OCH3 is 4. The number of hydrogen-bond donors (Lipinski definition) is 5. The van der Waals surface area contributed by atoms with Crippen molar-refractivity contribution in [2.75, 3.05) is 28.4 Å². The molecule has 5 N–H and O–H groups in total. The summed E-state index contributed by atoms with van der Waals surface area (Å²) < 4.78 is 137. The molecule has 9 aliphatic carbocycles. The number of hydrogen-bond acceptors (Lipinski definition) is 15. The number of esters is 4. The Labute approximate surface area is 614 Å². The third-order valence-corrected chi connectivity index (χ3v) is 24.3. The zero-order chi connectivity index (χ0) is 79.2. The summed E-state index contributed by atoms with van der Waals surface area (Å²) in [7, 11) is 5.55. The highest BCUT2D eigenvalue weighted by Crippen LogP contribution is 2.56. The van der Waals surface area contributed by atoms with E-state index in [2.05, 4.69) is 63.6 Å². The number of alkyl halides is 9. The molecule has 9 saturated carbocycles. The standard InChI is InChI=1S/C17H25F3O3.C12H22O.2C11H17F3O.C10H18OS.3C5H8O2.C3H6O/c1-10(2)15(21)23-14-9-8-13(16(3,22)17(18,19)20)11-6-4-5-7-12(11)14;1-12(2,13)8-11-7-9-3-5-10(11)6-4-9;2*1-10(15,11(12,13)14)6-9-5-7-2-3-8(9)4-7;1-10(2,11)6-7-5-8-3-4-9(7)12-8;3*1-4(2)5(6)7-3;1-3-4-2/h11-14,22H,1,4-9H2,2-3H3;9-11,13H,3-8H2,1-2H3;2*7-9,15H,2-6H2,1H3;7-9,11H,3-6H2,1-2H3;3*1H2,2-3H3;3H,1H2,2H3. The topological polar surface area (TPSA) is 216 Å². The second kappa shape index (κ2) is 41.5. The summed E-state index contributed by atoms with van der Waals surface area (Å²) in [5, 5.41) is 50.3. The van der Waals surface area contributed by atoms with E-state index < -0.39 is 58.4 Å². The lowest BCUT2D eigenvalue weighted by molar-refractivity contribution is -0.287. The van der Waals surface area contributed by atoms with Gasteiger partial charge < -0.3 is 49.2 Å². The number of ether oxygens (including phenoxy) is 5. The molecule has 0 aromatic carbocycles. The highest BCUT2D eigenvalue weighted by Gasteiger charge is 2.60. The number of carbonyl (C=O) groups is 4. The van der Waals surface area contributed by atoms with E-state index in [1.54, 1.807) is 34.8 Å². The predicted molar refractivity (Wildman–Crippen MR) is 386 cm³/mol. The first-order valence-corrected chi connectivity index (χ1v) is 37.8. The Kier molecular flexibility index (Phi) is 38.2. The lowest BCUT2D eigenvalue weighted by atomic mass is 9.60. The molecule has 2 saturated heterocycles. The van der Waals surface area contributed by atoms with Crippen molar-refractivity contribution in [3.8, 4) is 0 Å². The summed E-state index contributed by atoms with van der Waals surface area (Å²) in [6.07, 6.45) is 12.7. The van der Waals surface area contributed by atoms with E-state index in [1.165, 1.54) is 91.8 Å². The van der Waals surface area contributed by atoms with Crippen molar-refractivity contribution >= 4 is 35.6 Å². The Morgan fingerprint density at radius 3 is 1.06 bits per heavy atom. The van der Waals surface area contributed by atoms with Crippen molar-refractivity contribution < 1.29 is 108 Å². The fourth-order valence-corrected chi connectivity index (χ4v) is 19.1. The average Bonchev–Trinajstić information content (AvgIpc) is 1.78. The molecule has 17 atom stereocenters. The van der Waals surface area contributed by atoms with Gasteiger partial charge in [-0.25, -0.2) is 19.2 Å². The van der Waals surface area contributed by atoms with E-state index in [9.17, 15) is 84.2 Å². The molecule has 11 rings (SSSR count). The summed E-state index contributed by atoms with van der Waals surface area (Å²) >= 11 is 2.17. The van der Waals surface area contributed by atoms with Crippen LogP contribution in [0.1, 0.15) is 243 Å². The van der Waals surface area contributed by atoms with E-state index in [4.69, 9.17) is 4.74 Å². The molecule has 0 aromatic heterocycles. The van der Waals surface area contributed by atoms with Gasteiger partial charge in [0, 0.05) is 32.8 Å². The van der Waals surface area contributed by atoms with Gasteiger partial charge in [0.15, 0.2) is 16.8 Å². The number of carbonyl (C=O) groups excluding carboxylic acids is 4. The van der Waals surface area contributed by atoms with Gasteiger partial charge >= 0.3 is 42.4 Å². The van der Waals surface area contributed by atoms with Crippen molar-refractivity contribution in [3.63, 3.8) is 0 Å². The first-order chi connectivity index (χ1) is 47.2. The molecule has 0 aromatic rings. The van der Waals surface area contributed by atoms with E-state index in [-0.39, 0.29) is 66.9 Å². The van der Waals surface area contributed by atoms with Crippen LogP contribution in [0, 0.1) is 76.9 Å². The maximum absolute atomic E-state index is 13.2. The number of aliphatic hydroxyl groups is 5. The Balaban J connectivity index is 0.000000409. The van der Waals surface area contributed by atoms with Crippen LogP contribution in [-0.2, 0) is 42.9 Å². The normalized spacial score (nSPS) is 30.6. The number of halogens is 9. The van der Waals surface area contributed by atoms with Crippen LogP contribution in [0.15, 0.2) is 61.4 Å². The molecule has 24 heteroatoms. The first-order valence-electron chi connectivity index (χ1n) is 36.9. The summed E-state index contributed by atoms with van der Waals surface area (Å²) in [4.78, 5) is 42.3. The number of thioether (sulfide) groups is 1. The molecule has 2 heterocycles. The van der Waals surface area contributed by atoms with Gasteiger partial charge in [-0.1, -0.05) is 71.4 Å². The molecule has 8 bridgehead atoms. The Bertz CT molecular complexity index is 2570. The van der Waals surface area contributed by atoms with E-state index >= 15 is 0 Å². The van der Waals surface area contributed by atoms with Gasteiger partial charge in [0.1, 0.15) is 6.10 Å². The molecule has 0 radical (unpaired) electrons. The quantitative estimate of drug-likeness (QED) is 0.0339. The van der Waals surface area contributed by atoms with Crippen LogP contribution in [0.3, 0.4) is 0 Å². The van der Waals surface area contributed by atoms with E-state index in [1.807, 2.05) is 27.7 Å². The zero-order valence-corrected chi connectivity index (χ0v) is 65.3.